The van der Waals surface area contributed by atoms with E-state index in [4.69, 9.17) is 4.42 Å². The van der Waals surface area contributed by atoms with E-state index < -0.39 is 5.41 Å². The predicted molar refractivity (Wildman–Crippen MR) is 240 cm³/mol. The van der Waals surface area contributed by atoms with E-state index >= 15 is 0 Å². The molecule has 1 spiro atoms. The van der Waals surface area contributed by atoms with Crippen LogP contribution in [-0.4, -0.2) is 0 Å². The van der Waals surface area contributed by atoms with Gasteiger partial charge in [0, 0.05) is 22.1 Å². The molecule has 57 heavy (non-hydrogen) atoms. The second-order valence-electron chi connectivity index (χ2n) is 18.1. The molecule has 2 aliphatic carbocycles. The highest BCUT2D eigenvalue weighted by Crippen LogP contribution is 2.64. The van der Waals surface area contributed by atoms with Gasteiger partial charge in [0.1, 0.15) is 5.58 Å². The molecule has 0 saturated carbocycles. The molecule has 0 atom stereocenters. The number of anilines is 3. The Kier molecular flexibility index (Phi) is 7.03. The van der Waals surface area contributed by atoms with E-state index in [9.17, 15) is 0 Å². The van der Waals surface area contributed by atoms with Gasteiger partial charge in [-0.05, 0) is 114 Å². The molecule has 11 rings (SSSR count). The maximum Gasteiger partial charge on any atom is 0.160 e. The molecule has 9 aromatic rings. The third-order valence-corrected chi connectivity index (χ3v) is 12.8. The molecule has 0 bridgehead atoms. The zero-order chi connectivity index (χ0) is 38.8. The topological polar surface area (TPSA) is 16.4 Å². The third kappa shape index (κ3) is 4.71. The Hall–Kier alpha value is -6.38. The molecule has 0 radical (unpaired) electrons. The van der Waals surface area contributed by atoms with Crippen LogP contribution in [0.15, 0.2) is 168 Å². The zero-order valence-corrected chi connectivity index (χ0v) is 33.4. The number of furan rings is 1. The largest absolute Gasteiger partial charge is 0.454 e. The molecule has 2 aliphatic rings. The summed E-state index contributed by atoms with van der Waals surface area (Å²) in [7, 11) is 0. The van der Waals surface area contributed by atoms with E-state index in [0.29, 0.717) is 0 Å². The fourth-order valence-corrected chi connectivity index (χ4v) is 10.1. The average molecular weight is 736 g/mol. The lowest BCUT2D eigenvalue weighted by molar-refractivity contribution is 0.590. The highest BCUT2D eigenvalue weighted by atomic mass is 16.3. The molecule has 0 fully saturated rings. The normalized spacial score (nSPS) is 13.9. The van der Waals surface area contributed by atoms with Gasteiger partial charge in [-0.25, -0.2) is 0 Å². The van der Waals surface area contributed by atoms with Crippen molar-refractivity contribution in [1.29, 1.82) is 0 Å². The monoisotopic (exact) mass is 735 g/mol. The highest BCUT2D eigenvalue weighted by molar-refractivity contribution is 6.22. The van der Waals surface area contributed by atoms with Gasteiger partial charge >= 0.3 is 0 Å². The second kappa shape index (κ2) is 11.8. The predicted octanol–water partition coefficient (Wildman–Crippen LogP) is 15.1. The number of para-hydroxylation sites is 1. The van der Waals surface area contributed by atoms with Crippen molar-refractivity contribution < 1.29 is 4.42 Å². The standard InChI is InChI=1S/C55H45NO/c1-53(2,3)35-25-29-37(30-26-35)56(38-31-27-36(28-32-38)54(4,5)6)47-33-46-50(51-41-19-9-12-24-48(41)57-52(47)51)42-20-13-15-34-16-14-23-45(49(34)42)55(46)43-21-10-7-17-39(43)40-18-8-11-22-44(40)55/h7-33H,1-6H3. The Bertz CT molecular complexity index is 2970. The lowest BCUT2D eigenvalue weighted by Crippen LogP contribution is -2.32. The summed E-state index contributed by atoms with van der Waals surface area (Å²) in [5.74, 6) is 0. The first-order valence-electron chi connectivity index (χ1n) is 20.3. The first kappa shape index (κ1) is 33.9. The van der Waals surface area contributed by atoms with Gasteiger partial charge in [-0.2, -0.15) is 0 Å². The molecule has 0 aliphatic heterocycles. The van der Waals surface area contributed by atoms with Crippen LogP contribution < -0.4 is 4.90 Å². The Balaban J connectivity index is 1.34. The number of nitrogens with zero attached hydrogens (tertiary/aromatic N) is 1. The van der Waals surface area contributed by atoms with Crippen LogP contribution >= 0.6 is 0 Å². The molecular weight excluding hydrogens is 691 g/mol. The van der Waals surface area contributed by atoms with Gasteiger partial charge in [0.25, 0.3) is 0 Å². The van der Waals surface area contributed by atoms with Crippen molar-refractivity contribution in [3.63, 3.8) is 0 Å². The van der Waals surface area contributed by atoms with Gasteiger partial charge in [0.05, 0.1) is 11.1 Å². The van der Waals surface area contributed by atoms with Crippen LogP contribution in [0.4, 0.5) is 17.1 Å². The van der Waals surface area contributed by atoms with Crippen molar-refractivity contribution in [2.75, 3.05) is 4.90 Å². The van der Waals surface area contributed by atoms with E-state index in [-0.39, 0.29) is 10.8 Å². The van der Waals surface area contributed by atoms with Crippen molar-refractivity contribution in [1.82, 2.24) is 0 Å². The van der Waals surface area contributed by atoms with Gasteiger partial charge in [0.15, 0.2) is 5.58 Å². The minimum Gasteiger partial charge on any atom is -0.454 e. The first-order valence-corrected chi connectivity index (χ1v) is 20.3. The Morgan fingerprint density at radius 3 is 1.56 bits per heavy atom. The zero-order valence-electron chi connectivity index (χ0n) is 33.4. The lowest BCUT2D eigenvalue weighted by atomic mass is 9.61. The number of fused-ring (bicyclic) bond motifs is 13. The fourth-order valence-electron chi connectivity index (χ4n) is 10.1. The lowest BCUT2D eigenvalue weighted by Gasteiger charge is -2.41. The van der Waals surface area contributed by atoms with Gasteiger partial charge in [0.2, 0.25) is 0 Å². The van der Waals surface area contributed by atoms with Crippen molar-refractivity contribution in [3.05, 3.63) is 197 Å². The molecule has 0 amide bonds. The summed E-state index contributed by atoms with van der Waals surface area (Å²) in [6.07, 6.45) is 0. The number of hydrogen-bond acceptors (Lipinski definition) is 2. The van der Waals surface area contributed by atoms with Crippen LogP contribution in [0.25, 0.3) is 55.0 Å². The fraction of sp³-hybridized carbons (Fsp3) is 0.164. The van der Waals surface area contributed by atoms with E-state index in [1.165, 1.54) is 66.4 Å². The van der Waals surface area contributed by atoms with Gasteiger partial charge in [-0.15, -0.1) is 0 Å². The Morgan fingerprint density at radius 1 is 0.456 bits per heavy atom. The van der Waals surface area contributed by atoms with Crippen LogP contribution in [-0.2, 0) is 16.2 Å². The molecule has 8 aromatic carbocycles. The summed E-state index contributed by atoms with van der Waals surface area (Å²) < 4.78 is 7.16. The molecule has 1 aromatic heterocycles. The minimum absolute atomic E-state index is 0.0274. The average Bonchev–Trinajstić information content (AvgIpc) is 3.75. The SMILES string of the molecule is CC(C)(C)c1ccc(N(c2ccc(C(C)(C)C)cc2)c2cc3c(c4c2oc2ccccc24)-c2cccc4cccc(c24)C32c3ccccc3-c3ccccc32)cc1. The number of benzene rings is 8. The molecule has 0 unspecified atom stereocenters. The van der Waals surface area contributed by atoms with E-state index in [1.807, 2.05) is 0 Å². The summed E-state index contributed by atoms with van der Waals surface area (Å²) in [6, 6.07) is 61.4. The molecule has 0 N–H and O–H groups in total. The minimum atomic E-state index is -0.574. The third-order valence-electron chi connectivity index (χ3n) is 12.8. The second-order valence-corrected chi connectivity index (χ2v) is 18.1. The number of hydrogen-bond donors (Lipinski definition) is 0. The summed E-state index contributed by atoms with van der Waals surface area (Å²) >= 11 is 0. The molecule has 0 saturated heterocycles. The highest BCUT2D eigenvalue weighted by Gasteiger charge is 2.51. The van der Waals surface area contributed by atoms with E-state index in [1.54, 1.807) is 0 Å². The van der Waals surface area contributed by atoms with Gasteiger partial charge in [-0.3, -0.25) is 0 Å². The van der Waals surface area contributed by atoms with Crippen LogP contribution in [0.3, 0.4) is 0 Å². The number of rotatable bonds is 3. The Labute approximate surface area is 335 Å². The molecule has 276 valence electrons. The van der Waals surface area contributed by atoms with Crippen molar-refractivity contribution >= 4 is 49.8 Å². The van der Waals surface area contributed by atoms with Crippen molar-refractivity contribution in [3.8, 4) is 22.3 Å². The summed E-state index contributed by atoms with van der Waals surface area (Å²) in [4.78, 5) is 2.44. The van der Waals surface area contributed by atoms with Crippen LogP contribution in [0.1, 0.15) is 74.9 Å². The van der Waals surface area contributed by atoms with Crippen molar-refractivity contribution in [2.24, 2.45) is 0 Å². The van der Waals surface area contributed by atoms with Crippen molar-refractivity contribution in [2.45, 2.75) is 57.8 Å². The van der Waals surface area contributed by atoms with Gasteiger partial charge in [-0.1, -0.05) is 169 Å². The summed E-state index contributed by atoms with van der Waals surface area (Å²) in [6.45, 7) is 13.7. The first-order chi connectivity index (χ1) is 27.5. The van der Waals surface area contributed by atoms with Crippen LogP contribution in [0.2, 0.25) is 0 Å². The molecule has 2 heteroatoms. The maximum atomic E-state index is 7.16. The quantitative estimate of drug-likeness (QED) is 0.180. The van der Waals surface area contributed by atoms with Crippen LogP contribution in [0.5, 0.6) is 0 Å². The van der Waals surface area contributed by atoms with E-state index in [0.717, 1.165) is 39.0 Å². The maximum absolute atomic E-state index is 7.16. The Morgan fingerprint density at radius 2 is 0.965 bits per heavy atom. The van der Waals surface area contributed by atoms with Gasteiger partial charge < -0.3 is 9.32 Å². The van der Waals surface area contributed by atoms with Crippen LogP contribution in [0, 0.1) is 0 Å². The smallest absolute Gasteiger partial charge is 0.160 e. The molecule has 1 heterocycles. The summed E-state index contributed by atoms with van der Waals surface area (Å²) in [5, 5.41) is 4.85. The summed E-state index contributed by atoms with van der Waals surface area (Å²) in [5.41, 5.74) is 17.4. The molecular formula is C55H45NO. The molecule has 2 nitrogen and oxygen atoms in total. The van der Waals surface area contributed by atoms with E-state index in [2.05, 4.69) is 210 Å².